The van der Waals surface area contributed by atoms with E-state index in [0.717, 1.165) is 42.9 Å². The number of nitrogen functional groups attached to an aromatic ring is 1. The maximum atomic E-state index is 14.3. The summed E-state index contributed by atoms with van der Waals surface area (Å²) in [6, 6.07) is 10.5. The number of nitrogens with zero attached hydrogens (tertiary/aromatic N) is 3. The average Bonchev–Trinajstić information content (AvgIpc) is 3.11. The van der Waals surface area contributed by atoms with Crippen LogP contribution in [0.15, 0.2) is 41.2 Å². The minimum atomic E-state index is -0.481. The first-order valence-electron chi connectivity index (χ1n) is 9.55. The first kappa shape index (κ1) is 19.9. The van der Waals surface area contributed by atoms with Gasteiger partial charge in [-0.15, -0.1) is 0 Å². The lowest BCUT2D eigenvalue weighted by atomic mass is 10.1. The van der Waals surface area contributed by atoms with Crippen LogP contribution in [-0.4, -0.2) is 53.1 Å². The lowest BCUT2D eigenvalue weighted by Gasteiger charge is -2.34. The minimum absolute atomic E-state index is 0. The van der Waals surface area contributed by atoms with Crippen LogP contribution in [0.2, 0.25) is 0 Å². The molecule has 4 aromatic rings. The number of rotatable bonds is 2. The molecule has 0 amide bonds. The summed E-state index contributed by atoms with van der Waals surface area (Å²) in [4.78, 5) is 27.7. The molecule has 2 aromatic heterocycles. The minimum Gasteiger partial charge on any atom is -0.397 e. The van der Waals surface area contributed by atoms with Crippen molar-refractivity contribution in [3.05, 3.63) is 52.6 Å². The predicted octanol–water partition coefficient (Wildman–Crippen LogP) is 3.18. The smallest absolute Gasteiger partial charge is 0.261 e. The Morgan fingerprint density at radius 3 is 2.60 bits per heavy atom. The Bertz CT molecular complexity index is 1290. The van der Waals surface area contributed by atoms with Crippen LogP contribution >= 0.6 is 0 Å². The topological polar surface area (TPSA) is 94.0 Å². The number of halogens is 1. The molecule has 1 fully saturated rings. The number of aromatic nitrogens is 3. The van der Waals surface area contributed by atoms with Gasteiger partial charge in [0.05, 0.1) is 27.6 Å². The van der Waals surface area contributed by atoms with Gasteiger partial charge < -0.3 is 25.5 Å². The van der Waals surface area contributed by atoms with E-state index in [9.17, 15) is 9.18 Å². The second-order valence-electron chi connectivity index (χ2n) is 7.48. The van der Waals surface area contributed by atoms with Gasteiger partial charge in [-0.05, 0) is 37.4 Å². The van der Waals surface area contributed by atoms with E-state index >= 15 is 0 Å². The molecule has 2 aromatic carbocycles. The summed E-state index contributed by atoms with van der Waals surface area (Å²) in [6.07, 6.45) is 0. The summed E-state index contributed by atoms with van der Waals surface area (Å²) in [5, 5.41) is 0.195. The average molecular weight is 408 g/mol. The van der Waals surface area contributed by atoms with Crippen molar-refractivity contribution < 1.29 is 4.39 Å². The molecule has 3 heterocycles. The standard InChI is InChI=1S/C21H21FN6O.CH4/c1-27-7-9-28(10-8-27)12-5-6-14-16(11-12)25-20(24-14)18-19(23)17-13(22)3-2-4-15(17)26-21(18)29;/h2-6,11H,7-10H2,1H3,(H,24,25)(H3,23,26,29);1H4. The zero-order chi connectivity index (χ0) is 20.1. The molecule has 0 radical (unpaired) electrons. The molecule has 1 aliphatic rings. The number of H-pyrrole nitrogens is 2. The molecule has 0 saturated carbocycles. The normalized spacial score (nSPS) is 14.9. The molecular weight excluding hydrogens is 383 g/mol. The van der Waals surface area contributed by atoms with Gasteiger partial charge in [0, 0.05) is 31.9 Å². The molecule has 0 spiro atoms. The molecule has 1 saturated heterocycles. The first-order valence-corrected chi connectivity index (χ1v) is 9.55. The zero-order valence-corrected chi connectivity index (χ0v) is 16.0. The van der Waals surface area contributed by atoms with Crippen molar-refractivity contribution in [2.24, 2.45) is 0 Å². The highest BCUT2D eigenvalue weighted by atomic mass is 19.1. The van der Waals surface area contributed by atoms with Crippen LogP contribution in [0, 0.1) is 5.82 Å². The number of piperazine rings is 1. The first-order chi connectivity index (χ1) is 14.0. The molecular formula is C22H25FN6O. The van der Waals surface area contributed by atoms with E-state index in [0.29, 0.717) is 11.3 Å². The van der Waals surface area contributed by atoms with Crippen molar-refractivity contribution in [1.82, 2.24) is 19.9 Å². The Hall–Kier alpha value is -3.39. The van der Waals surface area contributed by atoms with E-state index in [1.807, 2.05) is 18.2 Å². The summed E-state index contributed by atoms with van der Waals surface area (Å²) in [5.74, 6) is -0.148. The van der Waals surface area contributed by atoms with Gasteiger partial charge in [-0.3, -0.25) is 4.79 Å². The van der Waals surface area contributed by atoms with E-state index in [1.165, 1.54) is 12.1 Å². The van der Waals surface area contributed by atoms with Crippen LogP contribution in [0.3, 0.4) is 0 Å². The Kier molecular flexibility index (Phi) is 4.95. The number of imidazole rings is 1. The molecule has 0 aliphatic carbocycles. The molecule has 5 rings (SSSR count). The van der Waals surface area contributed by atoms with Gasteiger partial charge in [-0.1, -0.05) is 13.5 Å². The Morgan fingerprint density at radius 2 is 1.83 bits per heavy atom. The second-order valence-corrected chi connectivity index (χ2v) is 7.48. The van der Waals surface area contributed by atoms with Crippen LogP contribution in [0.4, 0.5) is 15.8 Å². The van der Waals surface area contributed by atoms with Crippen molar-refractivity contribution in [1.29, 1.82) is 0 Å². The summed E-state index contributed by atoms with van der Waals surface area (Å²) in [5.41, 5.74) is 9.04. The number of hydrogen-bond donors (Lipinski definition) is 3. The van der Waals surface area contributed by atoms with E-state index < -0.39 is 11.4 Å². The molecule has 7 nitrogen and oxygen atoms in total. The third-order valence-corrected chi connectivity index (χ3v) is 5.60. The van der Waals surface area contributed by atoms with Gasteiger partial charge in [-0.25, -0.2) is 9.37 Å². The van der Waals surface area contributed by atoms with Gasteiger partial charge in [0.25, 0.3) is 5.56 Å². The number of fused-ring (bicyclic) bond motifs is 2. The van der Waals surface area contributed by atoms with Gasteiger partial charge in [0.15, 0.2) is 0 Å². The van der Waals surface area contributed by atoms with Crippen molar-refractivity contribution in [2.45, 2.75) is 7.43 Å². The van der Waals surface area contributed by atoms with Gasteiger partial charge >= 0.3 is 0 Å². The summed E-state index contributed by atoms with van der Waals surface area (Å²) < 4.78 is 14.3. The summed E-state index contributed by atoms with van der Waals surface area (Å²) >= 11 is 0. The molecule has 30 heavy (non-hydrogen) atoms. The van der Waals surface area contributed by atoms with E-state index in [-0.39, 0.29) is 24.1 Å². The number of anilines is 2. The van der Waals surface area contributed by atoms with E-state index in [1.54, 1.807) is 6.07 Å². The fourth-order valence-electron chi connectivity index (χ4n) is 3.95. The largest absolute Gasteiger partial charge is 0.397 e. The molecule has 1 aliphatic heterocycles. The van der Waals surface area contributed by atoms with Crippen LogP contribution in [0.1, 0.15) is 7.43 Å². The summed E-state index contributed by atoms with van der Waals surface area (Å²) in [6.45, 7) is 3.95. The maximum absolute atomic E-state index is 14.3. The lowest BCUT2D eigenvalue weighted by molar-refractivity contribution is 0.313. The third kappa shape index (κ3) is 3.19. The van der Waals surface area contributed by atoms with E-state index in [2.05, 4.69) is 31.8 Å². The highest BCUT2D eigenvalue weighted by Crippen LogP contribution is 2.30. The maximum Gasteiger partial charge on any atom is 0.261 e. The highest BCUT2D eigenvalue weighted by molar-refractivity contribution is 5.98. The van der Waals surface area contributed by atoms with Crippen LogP contribution in [-0.2, 0) is 0 Å². The highest BCUT2D eigenvalue weighted by Gasteiger charge is 2.19. The molecule has 8 heteroatoms. The number of likely N-dealkylation sites (N-methyl/N-ethyl adjacent to an activating group) is 1. The van der Waals surface area contributed by atoms with Crippen LogP contribution in [0.25, 0.3) is 33.3 Å². The molecule has 0 unspecified atom stereocenters. The summed E-state index contributed by atoms with van der Waals surface area (Å²) in [7, 11) is 2.12. The fraction of sp³-hybridized carbons (Fsp3) is 0.273. The number of benzene rings is 2. The molecule has 0 atom stereocenters. The van der Waals surface area contributed by atoms with Gasteiger partial charge in [-0.2, -0.15) is 0 Å². The number of nitrogens with two attached hydrogens (primary N) is 1. The molecule has 0 bridgehead atoms. The Morgan fingerprint density at radius 1 is 1.07 bits per heavy atom. The van der Waals surface area contributed by atoms with Gasteiger partial charge in [0.1, 0.15) is 17.2 Å². The third-order valence-electron chi connectivity index (χ3n) is 5.60. The SMILES string of the molecule is C.CN1CCN(c2ccc3nc(-c4c(N)c5c(F)cccc5[nH]c4=O)[nH]c3c2)CC1. The van der Waals surface area contributed by atoms with Crippen molar-refractivity contribution >= 4 is 33.3 Å². The van der Waals surface area contributed by atoms with E-state index in [4.69, 9.17) is 5.73 Å². The van der Waals surface area contributed by atoms with Crippen molar-refractivity contribution in [3.63, 3.8) is 0 Å². The second kappa shape index (κ2) is 7.46. The fourth-order valence-corrected chi connectivity index (χ4v) is 3.95. The number of pyridine rings is 1. The van der Waals surface area contributed by atoms with Crippen LogP contribution in [0.5, 0.6) is 0 Å². The predicted molar refractivity (Wildman–Crippen MR) is 120 cm³/mol. The van der Waals surface area contributed by atoms with Crippen molar-refractivity contribution in [2.75, 3.05) is 43.9 Å². The van der Waals surface area contributed by atoms with Crippen LogP contribution < -0.4 is 16.2 Å². The number of hydrogen-bond acceptors (Lipinski definition) is 5. The Labute approximate surface area is 173 Å². The molecule has 156 valence electrons. The zero-order valence-electron chi connectivity index (χ0n) is 16.0. The quantitative estimate of drug-likeness (QED) is 0.474. The number of nitrogens with one attached hydrogen (secondary N) is 2. The molecule has 4 N–H and O–H groups in total. The lowest BCUT2D eigenvalue weighted by Crippen LogP contribution is -2.44. The number of aromatic amines is 2. The van der Waals surface area contributed by atoms with Gasteiger partial charge in [0.2, 0.25) is 0 Å². The van der Waals surface area contributed by atoms with Crippen molar-refractivity contribution in [3.8, 4) is 11.4 Å². The monoisotopic (exact) mass is 408 g/mol. The Balaban J connectivity index is 0.00000218.